The van der Waals surface area contributed by atoms with Crippen LogP contribution in [0.5, 0.6) is 17.2 Å². The van der Waals surface area contributed by atoms with E-state index in [-0.39, 0.29) is 5.91 Å². The smallest absolute Gasteiger partial charge is 0.225 e. The van der Waals surface area contributed by atoms with Crippen LogP contribution in [0.3, 0.4) is 0 Å². The second kappa shape index (κ2) is 9.27. The zero-order chi connectivity index (χ0) is 19.9. The van der Waals surface area contributed by atoms with Crippen LogP contribution in [0.25, 0.3) is 0 Å². The molecule has 8 heteroatoms. The molecular formula is C20H23N3O4S. The average molecular weight is 401 g/mol. The molecule has 3 aromatic rings. The van der Waals surface area contributed by atoms with Crippen LogP contribution < -0.4 is 19.5 Å². The summed E-state index contributed by atoms with van der Waals surface area (Å²) in [6.45, 7) is 0.632. The van der Waals surface area contributed by atoms with Crippen LogP contribution in [0.15, 0.2) is 41.9 Å². The number of thiophene rings is 1. The summed E-state index contributed by atoms with van der Waals surface area (Å²) in [5.41, 5.74) is 0.928. The first-order valence-corrected chi connectivity index (χ1v) is 9.65. The van der Waals surface area contributed by atoms with Crippen LogP contribution in [0.4, 0.5) is 5.82 Å². The molecule has 2 heterocycles. The number of nitrogens with one attached hydrogen (secondary N) is 1. The van der Waals surface area contributed by atoms with Crippen LogP contribution in [0.1, 0.15) is 16.9 Å². The van der Waals surface area contributed by atoms with E-state index >= 15 is 0 Å². The van der Waals surface area contributed by atoms with E-state index in [1.54, 1.807) is 49.6 Å². The van der Waals surface area contributed by atoms with Gasteiger partial charge in [-0.3, -0.25) is 4.79 Å². The highest BCUT2D eigenvalue weighted by molar-refractivity contribution is 7.09. The molecule has 0 aliphatic heterocycles. The molecule has 28 heavy (non-hydrogen) atoms. The number of benzene rings is 1. The van der Waals surface area contributed by atoms with Gasteiger partial charge in [-0.2, -0.15) is 5.10 Å². The molecule has 3 rings (SSSR count). The summed E-state index contributed by atoms with van der Waals surface area (Å²) in [6.07, 6.45) is 2.55. The van der Waals surface area contributed by atoms with E-state index in [9.17, 15) is 4.79 Å². The predicted octanol–water partition coefficient (Wildman–Crippen LogP) is 3.59. The quantitative estimate of drug-likeness (QED) is 0.593. The largest absolute Gasteiger partial charge is 0.493 e. The number of hydrogen-bond donors (Lipinski definition) is 1. The minimum absolute atomic E-state index is 0.0818. The van der Waals surface area contributed by atoms with Crippen molar-refractivity contribution in [1.82, 2.24) is 9.78 Å². The molecule has 0 spiro atoms. The second-order valence-corrected chi connectivity index (χ2v) is 7.07. The number of carbonyl (C=O) groups excluding carboxylic acids is 1. The SMILES string of the molecule is COc1cc(CCC(=O)Nc2ccnn2Cc2cccs2)cc(OC)c1OC. The zero-order valence-corrected chi connectivity index (χ0v) is 16.9. The van der Waals surface area contributed by atoms with Crippen LogP contribution >= 0.6 is 11.3 Å². The number of carbonyl (C=O) groups is 1. The Balaban J connectivity index is 1.63. The second-order valence-electron chi connectivity index (χ2n) is 6.04. The van der Waals surface area contributed by atoms with Crippen molar-refractivity contribution in [1.29, 1.82) is 0 Å². The zero-order valence-electron chi connectivity index (χ0n) is 16.1. The Kier molecular flexibility index (Phi) is 6.54. The van der Waals surface area contributed by atoms with Crippen molar-refractivity contribution in [3.05, 3.63) is 52.3 Å². The van der Waals surface area contributed by atoms with Gasteiger partial charge in [0.05, 0.1) is 34.1 Å². The van der Waals surface area contributed by atoms with Gasteiger partial charge in [-0.1, -0.05) is 6.07 Å². The van der Waals surface area contributed by atoms with Gasteiger partial charge in [-0.25, -0.2) is 4.68 Å². The van der Waals surface area contributed by atoms with E-state index in [2.05, 4.69) is 10.4 Å². The van der Waals surface area contributed by atoms with E-state index in [0.29, 0.717) is 42.5 Å². The fourth-order valence-electron chi connectivity index (χ4n) is 2.86. The maximum atomic E-state index is 12.4. The van der Waals surface area contributed by atoms with Gasteiger partial charge >= 0.3 is 0 Å². The molecule has 2 aromatic heterocycles. The monoisotopic (exact) mass is 401 g/mol. The number of aryl methyl sites for hydroxylation is 1. The third-order valence-corrected chi connectivity index (χ3v) is 5.10. The molecular weight excluding hydrogens is 378 g/mol. The molecule has 1 N–H and O–H groups in total. The predicted molar refractivity (Wildman–Crippen MR) is 109 cm³/mol. The van der Waals surface area contributed by atoms with Crippen molar-refractivity contribution >= 4 is 23.1 Å². The number of ether oxygens (including phenoxy) is 3. The molecule has 1 aromatic carbocycles. The lowest BCUT2D eigenvalue weighted by molar-refractivity contribution is -0.116. The van der Waals surface area contributed by atoms with Crippen molar-refractivity contribution in [3.63, 3.8) is 0 Å². The average Bonchev–Trinajstić information content (AvgIpc) is 3.38. The molecule has 0 aliphatic carbocycles. The van der Waals surface area contributed by atoms with Gasteiger partial charge in [-0.05, 0) is 35.6 Å². The molecule has 1 amide bonds. The molecule has 0 atom stereocenters. The first-order valence-electron chi connectivity index (χ1n) is 8.77. The van der Waals surface area contributed by atoms with E-state index < -0.39 is 0 Å². The Morgan fingerprint density at radius 1 is 1.14 bits per heavy atom. The lowest BCUT2D eigenvalue weighted by atomic mass is 10.1. The van der Waals surface area contributed by atoms with Crippen molar-refractivity contribution in [2.45, 2.75) is 19.4 Å². The minimum Gasteiger partial charge on any atom is -0.493 e. The minimum atomic E-state index is -0.0818. The summed E-state index contributed by atoms with van der Waals surface area (Å²) < 4.78 is 17.8. The molecule has 0 fully saturated rings. The van der Waals surface area contributed by atoms with Crippen molar-refractivity contribution in [2.24, 2.45) is 0 Å². The molecule has 0 radical (unpaired) electrons. The summed E-state index contributed by atoms with van der Waals surface area (Å²) in [7, 11) is 4.71. The van der Waals surface area contributed by atoms with E-state index in [1.165, 1.54) is 4.88 Å². The number of anilines is 1. The molecule has 0 aliphatic rings. The Morgan fingerprint density at radius 2 is 1.89 bits per heavy atom. The Morgan fingerprint density at radius 3 is 2.50 bits per heavy atom. The van der Waals surface area contributed by atoms with Crippen LogP contribution in [-0.2, 0) is 17.8 Å². The van der Waals surface area contributed by atoms with Gasteiger partial charge < -0.3 is 19.5 Å². The van der Waals surface area contributed by atoms with Crippen molar-refractivity contribution in [3.8, 4) is 17.2 Å². The van der Waals surface area contributed by atoms with E-state index in [1.807, 2.05) is 29.6 Å². The number of aromatic nitrogens is 2. The van der Waals surface area contributed by atoms with E-state index in [4.69, 9.17) is 14.2 Å². The summed E-state index contributed by atoms with van der Waals surface area (Å²) in [5, 5.41) is 9.24. The van der Waals surface area contributed by atoms with Crippen molar-refractivity contribution < 1.29 is 19.0 Å². The molecule has 7 nitrogen and oxygen atoms in total. The Hall–Kier alpha value is -3.00. The summed E-state index contributed by atoms with van der Waals surface area (Å²) in [4.78, 5) is 13.6. The summed E-state index contributed by atoms with van der Waals surface area (Å²) in [6, 6.07) is 9.55. The van der Waals surface area contributed by atoms with Crippen LogP contribution in [0, 0.1) is 0 Å². The van der Waals surface area contributed by atoms with Gasteiger partial charge in [0, 0.05) is 17.4 Å². The highest BCUT2D eigenvalue weighted by atomic mass is 32.1. The third-order valence-electron chi connectivity index (χ3n) is 4.23. The van der Waals surface area contributed by atoms with Gasteiger partial charge in [0.2, 0.25) is 11.7 Å². The first kappa shape index (κ1) is 19.8. The third kappa shape index (κ3) is 4.64. The standard InChI is InChI=1S/C20H23N3O4S/c1-25-16-11-14(12-17(26-2)20(16)27-3)6-7-19(24)22-18-8-9-21-23(18)13-15-5-4-10-28-15/h4-5,8-12H,6-7,13H2,1-3H3,(H,22,24). The first-order chi connectivity index (χ1) is 13.6. The summed E-state index contributed by atoms with van der Waals surface area (Å²) >= 11 is 1.66. The number of amides is 1. The topological polar surface area (TPSA) is 74.6 Å². The van der Waals surface area contributed by atoms with Gasteiger partial charge in [0.1, 0.15) is 5.82 Å². The highest BCUT2D eigenvalue weighted by Crippen LogP contribution is 2.38. The van der Waals surface area contributed by atoms with Gasteiger partial charge in [0.15, 0.2) is 11.5 Å². The summed E-state index contributed by atoms with van der Waals surface area (Å²) in [5.74, 6) is 2.29. The van der Waals surface area contributed by atoms with Crippen LogP contribution in [0.2, 0.25) is 0 Å². The Labute approximate surface area is 167 Å². The highest BCUT2D eigenvalue weighted by Gasteiger charge is 2.14. The molecule has 0 saturated heterocycles. The number of methoxy groups -OCH3 is 3. The fraction of sp³-hybridized carbons (Fsp3) is 0.300. The normalized spacial score (nSPS) is 10.5. The fourth-order valence-corrected chi connectivity index (χ4v) is 3.54. The Bertz CT molecular complexity index is 896. The molecule has 0 saturated carbocycles. The van der Waals surface area contributed by atoms with Gasteiger partial charge in [0.25, 0.3) is 0 Å². The van der Waals surface area contributed by atoms with Gasteiger partial charge in [-0.15, -0.1) is 11.3 Å². The maximum Gasteiger partial charge on any atom is 0.225 e. The number of rotatable bonds is 9. The number of nitrogens with zero attached hydrogens (tertiary/aromatic N) is 2. The molecule has 0 unspecified atom stereocenters. The maximum absolute atomic E-state index is 12.4. The number of hydrogen-bond acceptors (Lipinski definition) is 6. The van der Waals surface area contributed by atoms with E-state index in [0.717, 1.165) is 5.56 Å². The molecule has 148 valence electrons. The lowest BCUT2D eigenvalue weighted by Crippen LogP contribution is -2.16. The van der Waals surface area contributed by atoms with Crippen molar-refractivity contribution in [2.75, 3.05) is 26.6 Å². The van der Waals surface area contributed by atoms with Crippen LogP contribution in [-0.4, -0.2) is 37.0 Å². The molecule has 0 bridgehead atoms. The lowest BCUT2D eigenvalue weighted by Gasteiger charge is -2.14.